The van der Waals surface area contributed by atoms with Crippen LogP contribution in [0.5, 0.6) is 17.2 Å². The Morgan fingerprint density at radius 1 is 1.23 bits per heavy atom. The molecule has 2 atom stereocenters. The van der Waals surface area contributed by atoms with E-state index in [0.717, 1.165) is 11.3 Å². The molecule has 0 bridgehead atoms. The lowest BCUT2D eigenvalue weighted by atomic mass is 10.1. The minimum Gasteiger partial charge on any atom is -0.497 e. The summed E-state index contributed by atoms with van der Waals surface area (Å²) in [6.45, 7) is 0.662. The number of methoxy groups -OCH3 is 1. The van der Waals surface area contributed by atoms with Crippen LogP contribution in [0.15, 0.2) is 48.5 Å². The maximum atomic E-state index is 12.5. The van der Waals surface area contributed by atoms with E-state index in [9.17, 15) is 4.79 Å². The minimum atomic E-state index is -0.655. The van der Waals surface area contributed by atoms with Gasteiger partial charge in [0.15, 0.2) is 11.5 Å². The normalized spacial score (nSPS) is 16.8. The number of rotatable bonds is 6. The van der Waals surface area contributed by atoms with E-state index in [2.05, 4.69) is 10.2 Å². The molecule has 1 heterocycles. The van der Waals surface area contributed by atoms with Crippen LogP contribution in [0.1, 0.15) is 11.6 Å². The van der Waals surface area contributed by atoms with Crippen molar-refractivity contribution in [2.45, 2.75) is 12.1 Å². The van der Waals surface area contributed by atoms with Gasteiger partial charge in [-0.3, -0.25) is 4.79 Å². The second kappa shape index (κ2) is 8.10. The van der Waals surface area contributed by atoms with Crippen molar-refractivity contribution in [3.05, 3.63) is 54.1 Å². The molecule has 0 radical (unpaired) electrons. The Balaban J connectivity index is 1.63. The topological polar surface area (TPSA) is 60.0 Å². The van der Waals surface area contributed by atoms with Gasteiger partial charge in [-0.1, -0.05) is 24.3 Å². The van der Waals surface area contributed by atoms with Crippen LogP contribution >= 0.6 is 0 Å². The lowest BCUT2D eigenvalue weighted by molar-refractivity contribution is -0.130. The van der Waals surface area contributed by atoms with Crippen molar-refractivity contribution in [3.8, 4) is 17.2 Å². The SMILES string of the molecule is COc1cccc(C(CNC(=O)C2COc3ccccc3O2)N(C)C)c1. The quantitative estimate of drug-likeness (QED) is 0.860. The molecule has 0 aromatic heterocycles. The van der Waals surface area contributed by atoms with Crippen LogP contribution in [-0.4, -0.2) is 51.3 Å². The molecule has 2 aromatic carbocycles. The summed E-state index contributed by atoms with van der Waals surface area (Å²) in [5.41, 5.74) is 1.07. The van der Waals surface area contributed by atoms with Gasteiger partial charge in [-0.05, 0) is 43.9 Å². The van der Waals surface area contributed by atoms with Crippen molar-refractivity contribution in [1.82, 2.24) is 10.2 Å². The average molecular weight is 356 g/mol. The second-order valence-corrected chi connectivity index (χ2v) is 6.37. The van der Waals surface area contributed by atoms with Crippen LogP contribution in [-0.2, 0) is 4.79 Å². The molecule has 0 fully saturated rings. The maximum absolute atomic E-state index is 12.5. The molecule has 0 saturated carbocycles. The number of benzene rings is 2. The largest absolute Gasteiger partial charge is 0.497 e. The molecule has 2 unspecified atom stereocenters. The Morgan fingerprint density at radius 2 is 2.00 bits per heavy atom. The fraction of sp³-hybridized carbons (Fsp3) is 0.350. The average Bonchev–Trinajstić information content (AvgIpc) is 2.67. The van der Waals surface area contributed by atoms with Gasteiger partial charge in [0.05, 0.1) is 13.2 Å². The Morgan fingerprint density at radius 3 is 2.73 bits per heavy atom. The van der Waals surface area contributed by atoms with E-state index in [-0.39, 0.29) is 18.6 Å². The summed E-state index contributed by atoms with van der Waals surface area (Å²) >= 11 is 0. The third-order valence-corrected chi connectivity index (χ3v) is 4.37. The molecule has 138 valence electrons. The Hall–Kier alpha value is -2.73. The van der Waals surface area contributed by atoms with E-state index >= 15 is 0 Å². The molecule has 2 aromatic rings. The highest BCUT2D eigenvalue weighted by Crippen LogP contribution is 2.31. The van der Waals surface area contributed by atoms with Gasteiger partial charge in [-0.15, -0.1) is 0 Å². The van der Waals surface area contributed by atoms with E-state index in [1.54, 1.807) is 13.2 Å². The molecule has 1 aliphatic heterocycles. The van der Waals surface area contributed by atoms with Crippen LogP contribution in [0, 0.1) is 0 Å². The monoisotopic (exact) mass is 356 g/mol. The highest BCUT2D eigenvalue weighted by molar-refractivity contribution is 5.81. The standard InChI is InChI=1S/C20H24N2O4/c1-22(2)16(14-7-6-8-15(11-14)24-3)12-21-20(23)19-13-25-17-9-4-5-10-18(17)26-19/h4-11,16,19H,12-13H2,1-3H3,(H,21,23). The molecular weight excluding hydrogens is 332 g/mol. The number of likely N-dealkylation sites (N-methyl/N-ethyl adjacent to an activating group) is 1. The van der Waals surface area contributed by atoms with E-state index in [1.165, 1.54) is 0 Å². The van der Waals surface area contributed by atoms with Crippen molar-refractivity contribution in [2.24, 2.45) is 0 Å². The minimum absolute atomic E-state index is 0.0193. The number of nitrogens with one attached hydrogen (secondary N) is 1. The summed E-state index contributed by atoms with van der Waals surface area (Å²) in [4.78, 5) is 14.6. The highest BCUT2D eigenvalue weighted by Gasteiger charge is 2.28. The lowest BCUT2D eigenvalue weighted by Gasteiger charge is -2.28. The zero-order valence-electron chi connectivity index (χ0n) is 15.3. The molecule has 0 spiro atoms. The van der Waals surface area contributed by atoms with Crippen molar-refractivity contribution in [3.63, 3.8) is 0 Å². The second-order valence-electron chi connectivity index (χ2n) is 6.37. The number of fused-ring (bicyclic) bond motifs is 1. The molecule has 0 saturated heterocycles. The first-order chi connectivity index (χ1) is 12.6. The van der Waals surface area contributed by atoms with Crippen molar-refractivity contribution in [1.29, 1.82) is 0 Å². The Labute approximate surface area is 153 Å². The van der Waals surface area contributed by atoms with Gasteiger partial charge in [0, 0.05) is 6.54 Å². The van der Waals surface area contributed by atoms with Crippen LogP contribution in [0.25, 0.3) is 0 Å². The fourth-order valence-corrected chi connectivity index (χ4v) is 2.91. The number of ether oxygens (including phenoxy) is 3. The first-order valence-corrected chi connectivity index (χ1v) is 8.55. The van der Waals surface area contributed by atoms with Gasteiger partial charge in [0.1, 0.15) is 12.4 Å². The zero-order valence-corrected chi connectivity index (χ0v) is 15.3. The molecule has 6 heteroatoms. The first-order valence-electron chi connectivity index (χ1n) is 8.55. The molecule has 1 aliphatic rings. The van der Waals surface area contributed by atoms with Crippen molar-refractivity contribution >= 4 is 5.91 Å². The fourth-order valence-electron chi connectivity index (χ4n) is 2.91. The van der Waals surface area contributed by atoms with Crippen LogP contribution < -0.4 is 19.5 Å². The number of carbonyl (C=O) groups is 1. The van der Waals surface area contributed by atoms with E-state index < -0.39 is 6.10 Å². The molecule has 6 nitrogen and oxygen atoms in total. The molecule has 1 amide bonds. The molecule has 26 heavy (non-hydrogen) atoms. The lowest BCUT2D eigenvalue weighted by Crippen LogP contribution is -2.46. The van der Waals surface area contributed by atoms with Gasteiger partial charge in [0.25, 0.3) is 5.91 Å². The summed E-state index contributed by atoms with van der Waals surface area (Å²) in [6, 6.07) is 15.2. The first kappa shape index (κ1) is 18.1. The number of para-hydroxylation sites is 2. The van der Waals surface area contributed by atoms with Crippen LogP contribution in [0.4, 0.5) is 0 Å². The Kier molecular flexibility index (Phi) is 5.63. The molecule has 3 rings (SSSR count). The molecular formula is C20H24N2O4. The summed E-state index contributed by atoms with van der Waals surface area (Å²) in [5, 5.41) is 2.97. The smallest absolute Gasteiger partial charge is 0.264 e. The van der Waals surface area contributed by atoms with Crippen molar-refractivity contribution < 1.29 is 19.0 Å². The number of hydrogen-bond acceptors (Lipinski definition) is 5. The number of hydrogen-bond donors (Lipinski definition) is 1. The highest BCUT2D eigenvalue weighted by atomic mass is 16.6. The predicted octanol–water partition coefficient (Wildman–Crippen LogP) is 2.25. The predicted molar refractivity (Wildman–Crippen MR) is 98.8 cm³/mol. The molecule has 0 aliphatic carbocycles. The van der Waals surface area contributed by atoms with Crippen LogP contribution in [0.3, 0.4) is 0 Å². The summed E-state index contributed by atoms with van der Waals surface area (Å²) in [6.07, 6.45) is -0.655. The third-order valence-electron chi connectivity index (χ3n) is 4.37. The third kappa shape index (κ3) is 4.08. The van der Waals surface area contributed by atoms with Gasteiger partial charge < -0.3 is 24.4 Å². The number of nitrogens with zero attached hydrogens (tertiary/aromatic N) is 1. The summed E-state index contributed by atoms with van der Waals surface area (Å²) in [5.74, 6) is 1.87. The van der Waals surface area contributed by atoms with E-state index in [0.29, 0.717) is 18.0 Å². The summed E-state index contributed by atoms with van der Waals surface area (Å²) < 4.78 is 16.7. The van der Waals surface area contributed by atoms with Crippen LogP contribution in [0.2, 0.25) is 0 Å². The van der Waals surface area contributed by atoms with Gasteiger partial charge in [0.2, 0.25) is 6.10 Å². The zero-order chi connectivity index (χ0) is 18.5. The number of carbonyl (C=O) groups excluding carboxylic acids is 1. The van der Waals surface area contributed by atoms with E-state index in [4.69, 9.17) is 14.2 Å². The van der Waals surface area contributed by atoms with Gasteiger partial charge in [-0.2, -0.15) is 0 Å². The maximum Gasteiger partial charge on any atom is 0.264 e. The Bertz CT molecular complexity index is 763. The van der Waals surface area contributed by atoms with Gasteiger partial charge in [-0.25, -0.2) is 0 Å². The van der Waals surface area contributed by atoms with Crippen molar-refractivity contribution in [2.75, 3.05) is 34.4 Å². The van der Waals surface area contributed by atoms with Gasteiger partial charge >= 0.3 is 0 Å². The summed E-state index contributed by atoms with van der Waals surface area (Å²) in [7, 11) is 5.60. The number of amides is 1. The van der Waals surface area contributed by atoms with E-state index in [1.807, 2.05) is 56.6 Å². The molecule has 1 N–H and O–H groups in total.